The predicted molar refractivity (Wildman–Crippen MR) is 56.6 cm³/mol. The van der Waals surface area contributed by atoms with Crippen molar-refractivity contribution in [3.8, 4) is 0 Å². The molecule has 0 spiro atoms. The third-order valence-electron chi connectivity index (χ3n) is 2.02. The van der Waals surface area contributed by atoms with Gasteiger partial charge in [0, 0.05) is 18.8 Å². The predicted octanol–water partition coefficient (Wildman–Crippen LogP) is 1.05. The van der Waals surface area contributed by atoms with Crippen molar-refractivity contribution in [1.82, 2.24) is 5.32 Å². The average Bonchev–Trinajstić information content (AvgIpc) is 1.81. The lowest BCUT2D eigenvalue weighted by molar-refractivity contribution is 0.486. The van der Waals surface area contributed by atoms with Crippen LogP contribution in [0.4, 0.5) is 0 Å². The Bertz CT molecular complexity index is 232. The van der Waals surface area contributed by atoms with E-state index in [-0.39, 0.29) is 11.2 Å². The van der Waals surface area contributed by atoms with Gasteiger partial charge in [-0.15, -0.1) is 0 Å². The van der Waals surface area contributed by atoms with Crippen molar-refractivity contribution in [1.29, 1.82) is 0 Å². The van der Waals surface area contributed by atoms with Gasteiger partial charge >= 0.3 is 0 Å². The smallest absolute Gasteiger partial charge is 0.151 e. The Morgan fingerprint density at radius 2 is 1.62 bits per heavy atom. The fraction of sp³-hybridized carbons (Fsp3) is 1.00. The van der Waals surface area contributed by atoms with E-state index in [0.29, 0.717) is 12.6 Å². The van der Waals surface area contributed by atoms with Crippen molar-refractivity contribution >= 4 is 9.84 Å². The van der Waals surface area contributed by atoms with Crippen molar-refractivity contribution in [3.63, 3.8) is 0 Å². The van der Waals surface area contributed by atoms with Gasteiger partial charge in [-0.05, 0) is 5.92 Å². The average molecular weight is 207 g/mol. The zero-order valence-corrected chi connectivity index (χ0v) is 9.98. The Morgan fingerprint density at radius 3 is 1.85 bits per heavy atom. The van der Waals surface area contributed by atoms with Crippen LogP contribution in [0.2, 0.25) is 0 Å². The number of rotatable bonds is 5. The summed E-state index contributed by atoms with van der Waals surface area (Å²) in [6.07, 6.45) is 1.31. The van der Waals surface area contributed by atoms with Crippen LogP contribution in [0.25, 0.3) is 0 Å². The quantitative estimate of drug-likeness (QED) is 0.733. The molecule has 0 saturated carbocycles. The second kappa shape index (κ2) is 4.96. The van der Waals surface area contributed by atoms with Crippen LogP contribution in [0.15, 0.2) is 0 Å². The van der Waals surface area contributed by atoms with Crippen LogP contribution >= 0.6 is 0 Å². The topological polar surface area (TPSA) is 46.2 Å². The van der Waals surface area contributed by atoms with Crippen LogP contribution in [0.5, 0.6) is 0 Å². The summed E-state index contributed by atoms with van der Waals surface area (Å²) >= 11 is 0. The molecule has 0 rings (SSSR count). The van der Waals surface area contributed by atoms with Gasteiger partial charge in [-0.3, -0.25) is 0 Å². The van der Waals surface area contributed by atoms with Crippen molar-refractivity contribution < 1.29 is 8.42 Å². The van der Waals surface area contributed by atoms with E-state index in [9.17, 15) is 8.42 Å². The summed E-state index contributed by atoms with van der Waals surface area (Å²) in [5, 5.41) is 2.89. The molecule has 13 heavy (non-hydrogen) atoms. The van der Waals surface area contributed by atoms with E-state index in [1.54, 1.807) is 0 Å². The number of sulfone groups is 1. The third kappa shape index (κ3) is 5.26. The molecule has 0 bridgehead atoms. The molecular formula is C9H21NO2S. The maximum absolute atomic E-state index is 11.3. The van der Waals surface area contributed by atoms with Crippen molar-refractivity contribution in [3.05, 3.63) is 0 Å². The molecule has 1 atom stereocenters. The summed E-state index contributed by atoms with van der Waals surface area (Å²) < 4.78 is 22.7. The van der Waals surface area contributed by atoms with Crippen LogP contribution in [0, 0.1) is 5.92 Å². The van der Waals surface area contributed by atoms with Gasteiger partial charge in [0.25, 0.3) is 0 Å². The Hall–Kier alpha value is -0.0900. The van der Waals surface area contributed by atoms with Crippen LogP contribution in [-0.4, -0.2) is 32.5 Å². The van der Waals surface area contributed by atoms with Gasteiger partial charge in [0.05, 0.1) is 5.25 Å². The van der Waals surface area contributed by atoms with Gasteiger partial charge in [-0.25, -0.2) is 8.42 Å². The highest BCUT2D eigenvalue weighted by atomic mass is 32.2. The summed E-state index contributed by atoms with van der Waals surface area (Å²) in [4.78, 5) is 0. The highest BCUT2D eigenvalue weighted by Gasteiger charge is 2.23. The summed E-state index contributed by atoms with van der Waals surface area (Å²) in [7, 11) is -2.92. The normalized spacial score (nSPS) is 15.3. The molecule has 0 aliphatic rings. The molecule has 0 amide bonds. The monoisotopic (exact) mass is 207 g/mol. The standard InChI is InChI=1S/C9H21NO2S/c1-7(2)9(13(5,11)12)6-10-8(3)4/h7-10H,6H2,1-5H3. The SMILES string of the molecule is CC(C)NCC(C(C)C)S(C)(=O)=O. The van der Waals surface area contributed by atoms with E-state index in [1.165, 1.54) is 6.26 Å². The van der Waals surface area contributed by atoms with Crippen molar-refractivity contribution in [2.45, 2.75) is 39.0 Å². The third-order valence-corrected chi connectivity index (χ3v) is 3.83. The summed E-state index contributed by atoms with van der Waals surface area (Å²) in [5.41, 5.74) is 0. The van der Waals surface area contributed by atoms with Crippen LogP contribution < -0.4 is 5.32 Å². The minimum atomic E-state index is -2.92. The van der Waals surface area contributed by atoms with Gasteiger partial charge in [0.2, 0.25) is 0 Å². The van der Waals surface area contributed by atoms with Gasteiger partial charge in [-0.1, -0.05) is 27.7 Å². The highest BCUT2D eigenvalue weighted by molar-refractivity contribution is 7.91. The van der Waals surface area contributed by atoms with Gasteiger partial charge in [0.1, 0.15) is 0 Å². The van der Waals surface area contributed by atoms with E-state index in [0.717, 1.165) is 0 Å². The fourth-order valence-electron chi connectivity index (χ4n) is 1.23. The summed E-state index contributed by atoms with van der Waals surface area (Å²) in [6.45, 7) is 8.45. The summed E-state index contributed by atoms with van der Waals surface area (Å²) in [5.74, 6) is 0.168. The minimum absolute atomic E-state index is 0.168. The number of hydrogen-bond donors (Lipinski definition) is 1. The van der Waals surface area contributed by atoms with Crippen LogP contribution in [0.1, 0.15) is 27.7 Å². The van der Waals surface area contributed by atoms with Gasteiger partial charge < -0.3 is 5.32 Å². The Labute approximate surface area is 81.8 Å². The molecule has 0 aromatic rings. The minimum Gasteiger partial charge on any atom is -0.313 e. The molecule has 0 aliphatic carbocycles. The van der Waals surface area contributed by atoms with Gasteiger partial charge in [0.15, 0.2) is 9.84 Å². The van der Waals surface area contributed by atoms with E-state index in [1.807, 2.05) is 27.7 Å². The van der Waals surface area contributed by atoms with Crippen LogP contribution in [0.3, 0.4) is 0 Å². The molecule has 0 radical (unpaired) electrons. The van der Waals surface area contributed by atoms with Crippen molar-refractivity contribution in [2.24, 2.45) is 5.92 Å². The zero-order valence-electron chi connectivity index (χ0n) is 9.16. The zero-order chi connectivity index (χ0) is 10.6. The molecule has 0 saturated heterocycles. The van der Waals surface area contributed by atoms with E-state index in [2.05, 4.69) is 5.32 Å². The van der Waals surface area contributed by atoms with E-state index in [4.69, 9.17) is 0 Å². The van der Waals surface area contributed by atoms with E-state index < -0.39 is 9.84 Å². The van der Waals surface area contributed by atoms with Crippen molar-refractivity contribution in [2.75, 3.05) is 12.8 Å². The Balaban J connectivity index is 4.30. The second-order valence-electron chi connectivity index (χ2n) is 4.17. The molecule has 0 aromatic heterocycles. The lowest BCUT2D eigenvalue weighted by Crippen LogP contribution is -2.39. The van der Waals surface area contributed by atoms with E-state index >= 15 is 0 Å². The largest absolute Gasteiger partial charge is 0.313 e. The first-order valence-electron chi connectivity index (χ1n) is 4.67. The molecule has 80 valence electrons. The lowest BCUT2D eigenvalue weighted by Gasteiger charge is -2.20. The fourth-order valence-corrected chi connectivity index (χ4v) is 2.62. The first kappa shape index (κ1) is 12.9. The molecule has 4 heteroatoms. The second-order valence-corrected chi connectivity index (χ2v) is 6.44. The van der Waals surface area contributed by atoms with Gasteiger partial charge in [-0.2, -0.15) is 0 Å². The Kier molecular flexibility index (Phi) is 4.92. The lowest BCUT2D eigenvalue weighted by atomic mass is 10.1. The molecule has 3 nitrogen and oxygen atoms in total. The maximum Gasteiger partial charge on any atom is 0.151 e. The first-order chi connectivity index (χ1) is 5.75. The summed E-state index contributed by atoms with van der Waals surface area (Å²) in [6, 6.07) is 0.336. The number of nitrogens with one attached hydrogen (secondary N) is 1. The molecule has 0 fully saturated rings. The first-order valence-corrected chi connectivity index (χ1v) is 6.63. The Morgan fingerprint density at radius 1 is 1.15 bits per heavy atom. The molecule has 0 heterocycles. The number of hydrogen-bond acceptors (Lipinski definition) is 3. The molecule has 0 aliphatic heterocycles. The van der Waals surface area contributed by atoms with Crippen LogP contribution in [-0.2, 0) is 9.84 Å². The molecule has 1 unspecified atom stereocenters. The molecule has 0 aromatic carbocycles. The maximum atomic E-state index is 11.3. The molecule has 1 N–H and O–H groups in total. The highest BCUT2D eigenvalue weighted by Crippen LogP contribution is 2.10. The molecular weight excluding hydrogens is 186 g/mol.